The van der Waals surface area contributed by atoms with Crippen molar-refractivity contribution in [1.82, 2.24) is 0 Å². The van der Waals surface area contributed by atoms with Crippen molar-refractivity contribution >= 4 is 11.9 Å². The molecule has 21 N–H and O–H groups in total. The molecule has 0 saturated carbocycles. The normalized spacial score (nSPS) is 53.1. The lowest BCUT2D eigenvalue weighted by Gasteiger charge is -2.50. The minimum atomic E-state index is -2.37. The van der Waals surface area contributed by atoms with Gasteiger partial charge in [-0.15, -0.1) is 0 Å². The molecule has 468 valence electrons. The van der Waals surface area contributed by atoms with Gasteiger partial charge in [-0.2, -0.15) is 0 Å². The molecule has 0 spiro atoms. The monoisotopic (exact) mass is 1190 g/mol. The first-order valence-electron chi connectivity index (χ1n) is 25.5. The first-order valence-corrected chi connectivity index (χ1v) is 25.5. The second kappa shape index (κ2) is 27.1. The van der Waals surface area contributed by atoms with Crippen LogP contribution < -0.4 is 0 Å². The van der Waals surface area contributed by atoms with E-state index >= 15 is 0 Å². The van der Waals surface area contributed by atoms with E-state index in [1.54, 1.807) is 0 Å². The predicted molar refractivity (Wildman–Crippen MR) is 239 cm³/mol. The van der Waals surface area contributed by atoms with E-state index in [2.05, 4.69) is 0 Å². The van der Waals surface area contributed by atoms with Gasteiger partial charge >= 0.3 is 11.9 Å². The molecule has 0 unspecified atom stereocenters. The lowest BCUT2D eigenvalue weighted by atomic mass is 9.93. The Morgan fingerprint density at radius 3 is 0.494 bits per heavy atom. The van der Waals surface area contributed by atoms with Gasteiger partial charge in [0.1, 0.15) is 171 Å². The molecule has 21 heterocycles. The highest BCUT2D eigenvalue weighted by Crippen LogP contribution is 2.39. The number of aliphatic hydroxyl groups is 19. The molecule has 21 fully saturated rings. The largest absolute Gasteiger partial charge is 0.481 e. The van der Waals surface area contributed by atoms with Crippen molar-refractivity contribution in [1.29, 1.82) is 0 Å². The average Bonchev–Trinajstić information content (AvgIpc) is 3.61. The lowest BCUT2D eigenvalue weighted by Crippen LogP contribution is -2.68. The molecule has 21 saturated heterocycles. The lowest BCUT2D eigenvalue weighted by molar-refractivity contribution is -0.396. The van der Waals surface area contributed by atoms with E-state index in [4.69, 9.17) is 66.3 Å². The van der Waals surface area contributed by atoms with Crippen molar-refractivity contribution in [3.63, 3.8) is 0 Å². The number of hydrogen-bond acceptors (Lipinski definition) is 35. The van der Waals surface area contributed by atoms with Crippen molar-refractivity contribution in [3.8, 4) is 0 Å². The van der Waals surface area contributed by atoms with Gasteiger partial charge in [-0.1, -0.05) is 0 Å². The molecule has 21 aliphatic heterocycles. The van der Waals surface area contributed by atoms with Gasteiger partial charge < -0.3 is 174 Å². The Labute approximate surface area is 455 Å². The van der Waals surface area contributed by atoms with Crippen LogP contribution >= 0.6 is 0 Å². The fourth-order valence-corrected chi connectivity index (χ4v) is 10.8. The van der Waals surface area contributed by atoms with Crippen molar-refractivity contribution in [2.24, 2.45) is 0 Å². The quantitative estimate of drug-likeness (QED) is 0.102. The smallest absolute Gasteiger partial charge is 0.306 e. The number of carboxylic acid groups (broad SMARTS) is 2. The van der Waals surface area contributed by atoms with Crippen LogP contribution in [0.25, 0.3) is 0 Å². The van der Waals surface area contributed by atoms with Gasteiger partial charge in [0.15, 0.2) is 44.0 Å². The molecule has 0 radical (unpaired) electrons. The SMILES string of the molecule is O=C(O)C[C@H]1O[C@@H]2O[C@H]3[C@@H](O)[C@H](O)[C@@H](O[C@H]4[C@H](O)[C@H](O)[C@@H](O[C@H]5[C@H](O)[C@@H](O)[C@@H](O[C@H]6[C@H](O)[C@@H](O)[C@@H](O[C@H]7[C@H](O)[C@@H](O)[C@@H](O[C@H]8[C@H](O)[C@@H](O)[C@@H](O[C@H]1[C@H](O)[C@H]2O)O[C@@H]8CO)O[C@@H]7CO)O[C@@H]6CO)O[C@@H]5CO)O[C@@H]4CO)O[C@@H]3CC(=O)O. The second-order valence-electron chi connectivity index (χ2n) is 20.5. The van der Waals surface area contributed by atoms with Crippen molar-refractivity contribution in [2.75, 3.05) is 33.0 Å². The number of carbonyl (C=O) groups is 2. The highest BCUT2D eigenvalue weighted by atomic mass is 16.8. The molecule has 14 bridgehead atoms. The molecule has 21 aliphatic rings. The van der Waals surface area contributed by atoms with Crippen LogP contribution in [0.3, 0.4) is 0 Å². The molecule has 37 nitrogen and oxygen atoms in total. The number of hydrogen-bond donors (Lipinski definition) is 21. The first-order chi connectivity index (χ1) is 38.4. The average molecular weight is 1190 g/mol. The van der Waals surface area contributed by atoms with Crippen LogP contribution in [0.15, 0.2) is 0 Å². The zero-order chi connectivity index (χ0) is 59.2. The molecule has 35 atom stereocenters. The van der Waals surface area contributed by atoms with Crippen LogP contribution in [0.1, 0.15) is 12.8 Å². The summed E-state index contributed by atoms with van der Waals surface area (Å²) in [4.78, 5) is 24.3. The van der Waals surface area contributed by atoms with E-state index in [9.17, 15) is 117 Å². The Kier molecular flexibility index (Phi) is 21.6. The summed E-state index contributed by atoms with van der Waals surface area (Å²) in [5.74, 6) is -3.31. The van der Waals surface area contributed by atoms with E-state index in [0.29, 0.717) is 0 Å². The topological polar surface area (TPSA) is 588 Å². The van der Waals surface area contributed by atoms with Gasteiger partial charge in [-0.25, -0.2) is 0 Å². The Bertz CT molecular complexity index is 2010. The summed E-state index contributed by atoms with van der Waals surface area (Å²) >= 11 is 0. The van der Waals surface area contributed by atoms with Gasteiger partial charge in [0.05, 0.1) is 45.9 Å². The summed E-state index contributed by atoms with van der Waals surface area (Å²) in [6, 6.07) is 0. The molecule has 0 aromatic heterocycles. The maximum atomic E-state index is 12.2. The molecule has 0 aromatic rings. The Hall–Kier alpha value is -2.38. The molecule has 21 rings (SSSR count). The van der Waals surface area contributed by atoms with E-state index in [1.807, 2.05) is 0 Å². The summed E-state index contributed by atoms with van der Waals surface area (Å²) in [5, 5.41) is 230. The standard InChI is InChI=1S/C44H70O37/c45-3-10-33-20(57)27(64)41(71-10)79-35-12(5-47)73-43(29(66)22(35)59)81-37-14(7-49)74-44(30(67)23(37)60)80-36-13(6-48)72-42(28(65)21(36)58)78-34-11(4-46)70-40(26(63)19(34)56)76-32-9(2-16(52)53)68-38(24(61)17(32)54)75-31-8(1-15(50)51)69-39(77-33)25(62)18(31)55/h8-14,17-49,54-67H,1-7H2,(H,50,51)(H,52,53)/t8-,9-,10-,11-,12-,13-,14-,17-,18+,19-,20-,21-,22-,23-,24-,25+,26-,27+,28-,29-,30-,31-,32-,33-,34-,35-,36-,37-,38-,39-,40-,41-,42-,43-,44-/m1/s1. The number of aliphatic hydroxyl groups excluding tert-OH is 19. The maximum absolute atomic E-state index is 12.2. The maximum Gasteiger partial charge on any atom is 0.306 e. The summed E-state index contributed by atoms with van der Waals surface area (Å²) < 4.78 is 79.4. The highest BCUT2D eigenvalue weighted by molar-refractivity contribution is 5.68. The second-order valence-corrected chi connectivity index (χ2v) is 20.5. The highest BCUT2D eigenvalue weighted by Gasteiger charge is 2.60. The molecule has 81 heavy (non-hydrogen) atoms. The Morgan fingerprint density at radius 2 is 0.358 bits per heavy atom. The number of carboxylic acids is 2. The number of ether oxygens (including phenoxy) is 14. The molecule has 0 aromatic carbocycles. The van der Waals surface area contributed by atoms with E-state index in [0.717, 1.165) is 0 Å². The van der Waals surface area contributed by atoms with E-state index < -0.39 is 273 Å². The minimum absolute atomic E-state index is 1.07. The summed E-state index contributed by atoms with van der Waals surface area (Å²) in [5.41, 5.74) is 0. The Morgan fingerprint density at radius 1 is 0.222 bits per heavy atom. The first kappa shape index (κ1) is 64.6. The van der Waals surface area contributed by atoms with Crippen LogP contribution in [0.4, 0.5) is 0 Å². The van der Waals surface area contributed by atoms with E-state index in [1.165, 1.54) is 0 Å². The molecule has 37 heteroatoms. The van der Waals surface area contributed by atoms with Crippen molar-refractivity contribution in [3.05, 3.63) is 0 Å². The Balaban J connectivity index is 1.10. The summed E-state index contributed by atoms with van der Waals surface area (Å²) in [6.07, 6.45) is -75.8. The van der Waals surface area contributed by atoms with Crippen molar-refractivity contribution in [2.45, 2.75) is 228 Å². The summed E-state index contributed by atoms with van der Waals surface area (Å²) in [6.45, 7) is -5.47. The third-order valence-corrected chi connectivity index (χ3v) is 15.2. The molecule has 0 amide bonds. The van der Waals surface area contributed by atoms with Crippen LogP contribution in [-0.2, 0) is 75.9 Å². The molecular weight excluding hydrogens is 1120 g/mol. The van der Waals surface area contributed by atoms with Gasteiger partial charge in [0, 0.05) is 0 Å². The molecular formula is C44H70O37. The van der Waals surface area contributed by atoms with E-state index in [-0.39, 0.29) is 0 Å². The number of rotatable bonds is 9. The zero-order valence-electron chi connectivity index (χ0n) is 42.1. The van der Waals surface area contributed by atoms with Crippen LogP contribution in [0.2, 0.25) is 0 Å². The van der Waals surface area contributed by atoms with Crippen LogP contribution in [-0.4, -0.2) is 367 Å². The van der Waals surface area contributed by atoms with Gasteiger partial charge in [-0.05, 0) is 0 Å². The summed E-state index contributed by atoms with van der Waals surface area (Å²) in [7, 11) is 0. The zero-order valence-corrected chi connectivity index (χ0v) is 42.1. The molecule has 0 aliphatic carbocycles. The fourth-order valence-electron chi connectivity index (χ4n) is 10.8. The van der Waals surface area contributed by atoms with Gasteiger partial charge in [0.2, 0.25) is 0 Å². The minimum Gasteiger partial charge on any atom is -0.481 e. The van der Waals surface area contributed by atoms with Gasteiger partial charge in [-0.3, -0.25) is 9.59 Å². The van der Waals surface area contributed by atoms with Crippen LogP contribution in [0.5, 0.6) is 0 Å². The third-order valence-electron chi connectivity index (χ3n) is 15.2. The number of aliphatic carboxylic acids is 2. The van der Waals surface area contributed by atoms with Crippen LogP contribution in [0, 0.1) is 0 Å². The fraction of sp³-hybridized carbons (Fsp3) is 0.955. The van der Waals surface area contributed by atoms with Gasteiger partial charge in [0.25, 0.3) is 0 Å². The van der Waals surface area contributed by atoms with Crippen molar-refractivity contribution < 1.29 is 183 Å². The predicted octanol–water partition coefficient (Wildman–Crippen LogP) is -14.3. The third kappa shape index (κ3) is 13.2.